The minimum absolute atomic E-state index is 0. The summed E-state index contributed by atoms with van der Waals surface area (Å²) in [5.74, 6) is 1.03. The summed E-state index contributed by atoms with van der Waals surface area (Å²) < 4.78 is 17.1. The quantitative estimate of drug-likeness (QED) is 0.159. The number of piperidine rings is 1. The number of guanidine groups is 1. The van der Waals surface area contributed by atoms with Gasteiger partial charge in [-0.15, -0.1) is 24.0 Å². The zero-order valence-corrected chi connectivity index (χ0v) is 20.3. The van der Waals surface area contributed by atoms with E-state index < -0.39 is 0 Å². The highest BCUT2D eigenvalue weighted by atomic mass is 127. The molecule has 0 unspecified atom stereocenters. The fourth-order valence-corrected chi connectivity index (χ4v) is 3.89. The van der Waals surface area contributed by atoms with Crippen LogP contribution in [0.3, 0.4) is 0 Å². The molecule has 7 heteroatoms. The van der Waals surface area contributed by atoms with E-state index in [1.807, 2.05) is 0 Å². The monoisotopic (exact) mass is 511 g/mol. The van der Waals surface area contributed by atoms with E-state index >= 15 is 0 Å². The fraction of sp³-hybridized carbons (Fsp3) is 0.952. The molecule has 0 aromatic carbocycles. The first-order chi connectivity index (χ1) is 13.3. The predicted molar refractivity (Wildman–Crippen MR) is 126 cm³/mol. The number of hydrogen-bond donors (Lipinski definition) is 1. The molecule has 28 heavy (non-hydrogen) atoms. The number of halogens is 1. The molecule has 2 rings (SSSR count). The zero-order valence-electron chi connectivity index (χ0n) is 18.0. The zero-order chi connectivity index (χ0) is 19.2. The van der Waals surface area contributed by atoms with Gasteiger partial charge in [-0.2, -0.15) is 0 Å². The van der Waals surface area contributed by atoms with E-state index in [2.05, 4.69) is 17.1 Å². The molecule has 0 aromatic heterocycles. The van der Waals surface area contributed by atoms with Crippen molar-refractivity contribution < 1.29 is 14.2 Å². The van der Waals surface area contributed by atoms with E-state index in [9.17, 15) is 0 Å². The lowest BCUT2D eigenvalue weighted by Gasteiger charge is -2.34. The Balaban J connectivity index is 0.00000392. The van der Waals surface area contributed by atoms with Crippen LogP contribution in [0.15, 0.2) is 4.99 Å². The molecule has 0 radical (unpaired) electrons. The van der Waals surface area contributed by atoms with Gasteiger partial charge in [0, 0.05) is 40.0 Å². The van der Waals surface area contributed by atoms with Crippen LogP contribution in [-0.4, -0.2) is 76.2 Å². The summed E-state index contributed by atoms with van der Waals surface area (Å²) >= 11 is 0. The summed E-state index contributed by atoms with van der Waals surface area (Å²) in [5, 5.41) is 3.44. The lowest BCUT2D eigenvalue weighted by molar-refractivity contribution is 0.00981. The first-order valence-electron chi connectivity index (χ1n) is 11.1. The van der Waals surface area contributed by atoms with Gasteiger partial charge in [0.2, 0.25) is 0 Å². The number of nitrogens with one attached hydrogen (secondary N) is 1. The molecule has 1 heterocycles. The molecule has 1 saturated heterocycles. The molecule has 0 bridgehead atoms. The lowest BCUT2D eigenvalue weighted by Crippen LogP contribution is -2.47. The van der Waals surface area contributed by atoms with Crippen molar-refractivity contribution in [2.75, 3.05) is 53.1 Å². The van der Waals surface area contributed by atoms with E-state index in [0.717, 1.165) is 71.2 Å². The van der Waals surface area contributed by atoms with Crippen LogP contribution in [0.1, 0.15) is 64.7 Å². The summed E-state index contributed by atoms with van der Waals surface area (Å²) in [6.07, 6.45) is 11.8. The first-order valence-corrected chi connectivity index (χ1v) is 11.1. The van der Waals surface area contributed by atoms with Gasteiger partial charge in [-0.3, -0.25) is 4.99 Å². The van der Waals surface area contributed by atoms with Gasteiger partial charge < -0.3 is 24.4 Å². The van der Waals surface area contributed by atoms with Gasteiger partial charge in [-0.1, -0.05) is 25.7 Å². The minimum atomic E-state index is 0. The third-order valence-corrected chi connectivity index (χ3v) is 5.43. The van der Waals surface area contributed by atoms with Crippen molar-refractivity contribution in [1.82, 2.24) is 10.2 Å². The summed E-state index contributed by atoms with van der Waals surface area (Å²) in [5.41, 5.74) is 0. The Labute approximate surface area is 189 Å². The van der Waals surface area contributed by atoms with Crippen molar-refractivity contribution in [3.05, 3.63) is 0 Å². The molecule has 2 aliphatic rings. The highest BCUT2D eigenvalue weighted by Gasteiger charge is 2.21. The van der Waals surface area contributed by atoms with Gasteiger partial charge in [0.15, 0.2) is 5.96 Å². The third-order valence-electron chi connectivity index (χ3n) is 5.43. The predicted octanol–water partition coefficient (Wildman–Crippen LogP) is 3.83. The molecule has 6 nitrogen and oxygen atoms in total. The molecule has 1 saturated carbocycles. The molecule has 166 valence electrons. The molecule has 2 fully saturated rings. The molecule has 1 N–H and O–H groups in total. The molecular formula is C21H42IN3O3. The second-order valence-electron chi connectivity index (χ2n) is 7.62. The third kappa shape index (κ3) is 10.6. The standard InChI is InChI=1S/C21H41N3O3.HI/c1-3-22-21(23-13-18-27-19-9-6-4-5-7-10-19)24-14-11-20(12-15-24)26-17-8-16-25-2;/h19-20H,3-18H2,1-2H3,(H,22,23);1H. The van der Waals surface area contributed by atoms with Crippen LogP contribution in [0.25, 0.3) is 0 Å². The van der Waals surface area contributed by atoms with Crippen molar-refractivity contribution in [2.24, 2.45) is 4.99 Å². The van der Waals surface area contributed by atoms with Crippen LogP contribution in [0.2, 0.25) is 0 Å². The van der Waals surface area contributed by atoms with Crippen molar-refractivity contribution in [2.45, 2.75) is 76.9 Å². The summed E-state index contributed by atoms with van der Waals surface area (Å²) in [7, 11) is 1.74. The SMILES string of the molecule is CCNC(=NCCOC1CCCCCC1)N1CCC(OCCCOC)CC1.I. The normalized spacial score (nSPS) is 19.9. The average molecular weight is 511 g/mol. The number of nitrogens with zero attached hydrogens (tertiary/aromatic N) is 2. The van der Waals surface area contributed by atoms with Crippen molar-refractivity contribution in [3.8, 4) is 0 Å². The van der Waals surface area contributed by atoms with Gasteiger partial charge in [-0.05, 0) is 39.0 Å². The second kappa shape index (κ2) is 16.7. The Morgan fingerprint density at radius 1 is 0.929 bits per heavy atom. The van der Waals surface area contributed by atoms with Gasteiger partial charge in [0.1, 0.15) is 0 Å². The Kier molecular flexibility index (Phi) is 15.4. The smallest absolute Gasteiger partial charge is 0.193 e. The average Bonchev–Trinajstić information content (AvgIpc) is 2.97. The lowest BCUT2D eigenvalue weighted by atomic mass is 10.1. The van der Waals surface area contributed by atoms with Gasteiger partial charge in [-0.25, -0.2) is 0 Å². The highest BCUT2D eigenvalue weighted by molar-refractivity contribution is 14.0. The topological polar surface area (TPSA) is 55.3 Å². The summed E-state index contributed by atoms with van der Waals surface area (Å²) in [6.45, 7) is 8.09. The maximum Gasteiger partial charge on any atom is 0.193 e. The second-order valence-corrected chi connectivity index (χ2v) is 7.62. The molecule has 0 aromatic rings. The number of ether oxygens (including phenoxy) is 3. The molecule has 0 amide bonds. The number of aliphatic imine (C=N–C) groups is 1. The number of rotatable bonds is 10. The van der Waals surface area contributed by atoms with E-state index in [1.165, 1.54) is 38.5 Å². The Bertz CT molecular complexity index is 396. The maximum atomic E-state index is 6.08. The van der Waals surface area contributed by atoms with Gasteiger partial charge >= 0.3 is 0 Å². The molecule has 0 spiro atoms. The van der Waals surface area contributed by atoms with E-state index in [-0.39, 0.29) is 24.0 Å². The maximum absolute atomic E-state index is 6.08. The van der Waals surface area contributed by atoms with Crippen molar-refractivity contribution in [3.63, 3.8) is 0 Å². The highest BCUT2D eigenvalue weighted by Crippen LogP contribution is 2.19. The summed E-state index contributed by atoms with van der Waals surface area (Å²) in [4.78, 5) is 7.17. The molecular weight excluding hydrogens is 469 g/mol. The van der Waals surface area contributed by atoms with Crippen LogP contribution in [-0.2, 0) is 14.2 Å². The Morgan fingerprint density at radius 2 is 1.57 bits per heavy atom. The number of likely N-dealkylation sites (tertiary alicyclic amines) is 1. The fourth-order valence-electron chi connectivity index (χ4n) is 3.89. The molecule has 1 aliphatic heterocycles. The number of hydrogen-bond acceptors (Lipinski definition) is 4. The molecule has 1 aliphatic carbocycles. The van der Waals surface area contributed by atoms with Gasteiger partial charge in [0.25, 0.3) is 0 Å². The minimum Gasteiger partial charge on any atom is -0.385 e. The Hall–Kier alpha value is -0.120. The van der Waals surface area contributed by atoms with Crippen molar-refractivity contribution in [1.29, 1.82) is 0 Å². The van der Waals surface area contributed by atoms with Crippen molar-refractivity contribution >= 4 is 29.9 Å². The Morgan fingerprint density at radius 3 is 2.21 bits per heavy atom. The van der Waals surface area contributed by atoms with E-state index in [4.69, 9.17) is 19.2 Å². The van der Waals surface area contributed by atoms with Crippen LogP contribution >= 0.6 is 24.0 Å². The molecule has 0 atom stereocenters. The van der Waals surface area contributed by atoms with Crippen LogP contribution in [0.5, 0.6) is 0 Å². The van der Waals surface area contributed by atoms with Crippen LogP contribution in [0.4, 0.5) is 0 Å². The van der Waals surface area contributed by atoms with E-state index in [1.54, 1.807) is 7.11 Å². The summed E-state index contributed by atoms with van der Waals surface area (Å²) in [6, 6.07) is 0. The van der Waals surface area contributed by atoms with Crippen LogP contribution in [0, 0.1) is 0 Å². The van der Waals surface area contributed by atoms with Gasteiger partial charge in [0.05, 0.1) is 25.4 Å². The van der Waals surface area contributed by atoms with E-state index in [0.29, 0.717) is 12.2 Å². The van der Waals surface area contributed by atoms with Crippen LogP contribution < -0.4 is 5.32 Å². The first kappa shape index (κ1) is 25.9. The number of methoxy groups -OCH3 is 1. The largest absolute Gasteiger partial charge is 0.385 e.